The molecule has 5 N–H and O–H groups in total. The Kier molecular flexibility index (Phi) is 11.5. The zero-order chi connectivity index (χ0) is 31.0. The van der Waals surface area contributed by atoms with Gasteiger partial charge in [-0.05, 0) is 65.6 Å². The average Bonchev–Trinajstić information content (AvgIpc) is 3.51. The van der Waals surface area contributed by atoms with E-state index in [1.165, 1.54) is 0 Å². The number of H-pyrrole nitrogens is 1. The van der Waals surface area contributed by atoms with Crippen molar-refractivity contribution in [2.75, 3.05) is 19.7 Å². The molecule has 0 unspecified atom stereocenters. The number of pyridine rings is 1. The molecule has 0 saturated carbocycles. The summed E-state index contributed by atoms with van der Waals surface area (Å²) in [6.07, 6.45) is -6.59. The van der Waals surface area contributed by atoms with Gasteiger partial charge in [-0.2, -0.15) is 26.3 Å². The molecule has 4 rings (SSSR count). The Morgan fingerprint density at radius 1 is 1.07 bits per heavy atom. The van der Waals surface area contributed by atoms with E-state index in [1.54, 1.807) is 6.20 Å². The van der Waals surface area contributed by atoms with Crippen LogP contribution in [0.4, 0.5) is 26.3 Å². The standard InChI is InChI=1S/C19H20BrN5O2.2C2HF3O2/c20-13-10-15-19(22-11-13)24-18(23-15)12-3-5-14(6-4-12)27-9-8-25-7-1-2-16(25)17(21)26;2*3-2(4,5)1(6)7/h3-6,10-11,16H,1-2,7-9H2,(H2,21,26)(H,22,23,24);2*(H,6,7)/t16-;;/m0../s1. The number of carbonyl (C=O) groups is 3. The minimum atomic E-state index is -5.08. The van der Waals surface area contributed by atoms with Crippen LogP contribution in [0.25, 0.3) is 22.6 Å². The van der Waals surface area contributed by atoms with Gasteiger partial charge in [-0.3, -0.25) is 9.69 Å². The lowest BCUT2D eigenvalue weighted by molar-refractivity contribution is -0.193. The van der Waals surface area contributed by atoms with Crippen molar-refractivity contribution in [2.45, 2.75) is 31.2 Å². The van der Waals surface area contributed by atoms with E-state index < -0.39 is 24.3 Å². The van der Waals surface area contributed by atoms with Crippen LogP contribution >= 0.6 is 15.9 Å². The number of hydrogen-bond acceptors (Lipinski definition) is 7. The second kappa shape index (κ2) is 14.1. The molecule has 11 nitrogen and oxygen atoms in total. The minimum absolute atomic E-state index is 0.155. The second-order valence-electron chi connectivity index (χ2n) is 8.19. The number of alkyl halides is 6. The fraction of sp³-hybridized carbons (Fsp3) is 0.348. The van der Waals surface area contributed by atoms with Gasteiger partial charge in [0.05, 0.1) is 11.6 Å². The highest BCUT2D eigenvalue weighted by Crippen LogP contribution is 2.24. The number of rotatable bonds is 6. The zero-order valence-electron chi connectivity index (χ0n) is 20.7. The number of fused-ring (bicyclic) bond motifs is 1. The number of likely N-dealkylation sites (tertiary alicyclic amines) is 1. The van der Waals surface area contributed by atoms with Crippen LogP contribution in [-0.4, -0.2) is 86.0 Å². The molecular formula is C23H22BrF6N5O6. The van der Waals surface area contributed by atoms with Crippen LogP contribution in [0.15, 0.2) is 41.0 Å². The first-order valence-electron chi connectivity index (χ1n) is 11.4. The number of primary amides is 1. The summed E-state index contributed by atoms with van der Waals surface area (Å²) in [6, 6.07) is 9.56. The van der Waals surface area contributed by atoms with Crippen molar-refractivity contribution < 1.29 is 55.7 Å². The van der Waals surface area contributed by atoms with E-state index in [9.17, 15) is 31.1 Å². The number of imidazole rings is 1. The molecule has 1 amide bonds. The molecule has 1 aliphatic heterocycles. The van der Waals surface area contributed by atoms with Crippen LogP contribution in [-0.2, 0) is 14.4 Å². The Hall–Kier alpha value is -3.93. The number of carboxylic acids is 2. The van der Waals surface area contributed by atoms with E-state index in [-0.39, 0.29) is 11.9 Å². The van der Waals surface area contributed by atoms with Crippen LogP contribution < -0.4 is 10.5 Å². The van der Waals surface area contributed by atoms with Gasteiger partial charge in [0.2, 0.25) is 5.91 Å². The number of aliphatic carboxylic acids is 2. The molecule has 224 valence electrons. The monoisotopic (exact) mass is 657 g/mol. The fourth-order valence-electron chi connectivity index (χ4n) is 3.42. The van der Waals surface area contributed by atoms with Crippen molar-refractivity contribution in [1.29, 1.82) is 0 Å². The number of aromatic amines is 1. The maximum atomic E-state index is 11.4. The molecule has 0 spiro atoms. The number of nitrogens with zero attached hydrogens (tertiary/aromatic N) is 3. The van der Waals surface area contributed by atoms with Crippen LogP contribution in [0.2, 0.25) is 0 Å². The molecule has 1 aliphatic rings. The number of benzene rings is 1. The number of halogens is 7. The van der Waals surface area contributed by atoms with Crippen molar-refractivity contribution >= 4 is 44.9 Å². The number of nitrogens with one attached hydrogen (secondary N) is 1. The molecule has 0 bridgehead atoms. The predicted molar refractivity (Wildman–Crippen MR) is 134 cm³/mol. The van der Waals surface area contributed by atoms with Gasteiger partial charge in [-0.25, -0.2) is 19.6 Å². The predicted octanol–water partition coefficient (Wildman–Crippen LogP) is 3.98. The van der Waals surface area contributed by atoms with Gasteiger partial charge in [0.15, 0.2) is 5.65 Å². The number of ether oxygens (including phenoxy) is 1. The molecule has 3 heterocycles. The van der Waals surface area contributed by atoms with Crippen LogP contribution in [0, 0.1) is 0 Å². The summed E-state index contributed by atoms with van der Waals surface area (Å²) in [5.74, 6) is -4.21. The largest absolute Gasteiger partial charge is 0.492 e. The van der Waals surface area contributed by atoms with E-state index in [0.29, 0.717) is 18.8 Å². The SMILES string of the molecule is NC(=O)[C@@H]1CCCN1CCOc1ccc(-c2nc3ncc(Br)cc3[nH]2)cc1.O=C(O)C(F)(F)F.O=C(O)C(F)(F)F. The lowest BCUT2D eigenvalue weighted by atomic mass is 10.2. The van der Waals surface area contributed by atoms with E-state index in [4.69, 9.17) is 30.3 Å². The molecule has 1 atom stereocenters. The minimum Gasteiger partial charge on any atom is -0.492 e. The Labute approximate surface area is 235 Å². The maximum absolute atomic E-state index is 11.4. The quantitative estimate of drug-likeness (QED) is 0.286. The van der Waals surface area contributed by atoms with Gasteiger partial charge in [0, 0.05) is 22.8 Å². The molecule has 1 saturated heterocycles. The third kappa shape index (κ3) is 10.5. The first-order valence-corrected chi connectivity index (χ1v) is 12.2. The number of aromatic nitrogens is 3. The van der Waals surface area contributed by atoms with Crippen molar-refractivity contribution in [3.63, 3.8) is 0 Å². The third-order valence-corrected chi connectivity index (χ3v) is 5.69. The third-order valence-electron chi connectivity index (χ3n) is 5.26. The Morgan fingerprint density at radius 2 is 1.63 bits per heavy atom. The van der Waals surface area contributed by atoms with Gasteiger partial charge < -0.3 is 25.7 Å². The van der Waals surface area contributed by atoms with Gasteiger partial charge in [0.25, 0.3) is 0 Å². The van der Waals surface area contributed by atoms with Crippen LogP contribution in [0.1, 0.15) is 12.8 Å². The molecule has 0 aliphatic carbocycles. The van der Waals surface area contributed by atoms with Gasteiger partial charge in [-0.1, -0.05) is 0 Å². The van der Waals surface area contributed by atoms with Gasteiger partial charge in [-0.15, -0.1) is 0 Å². The highest BCUT2D eigenvalue weighted by atomic mass is 79.9. The average molecular weight is 658 g/mol. The number of nitrogens with two attached hydrogens (primary N) is 1. The number of carbonyl (C=O) groups excluding carboxylic acids is 1. The van der Waals surface area contributed by atoms with Crippen molar-refractivity contribution in [1.82, 2.24) is 19.9 Å². The topological polar surface area (TPSA) is 172 Å². The van der Waals surface area contributed by atoms with E-state index in [1.807, 2.05) is 30.3 Å². The Balaban J connectivity index is 0.000000349. The Morgan fingerprint density at radius 3 is 2.15 bits per heavy atom. The molecular weight excluding hydrogens is 636 g/mol. The summed E-state index contributed by atoms with van der Waals surface area (Å²) >= 11 is 3.41. The highest BCUT2D eigenvalue weighted by molar-refractivity contribution is 9.10. The van der Waals surface area contributed by atoms with Crippen LogP contribution in [0.5, 0.6) is 5.75 Å². The van der Waals surface area contributed by atoms with Crippen molar-refractivity contribution in [2.24, 2.45) is 5.73 Å². The summed E-state index contributed by atoms with van der Waals surface area (Å²) in [5, 5.41) is 14.2. The lowest BCUT2D eigenvalue weighted by Gasteiger charge is -2.21. The second-order valence-corrected chi connectivity index (χ2v) is 9.10. The molecule has 3 aromatic rings. The van der Waals surface area contributed by atoms with Gasteiger partial charge >= 0.3 is 24.3 Å². The normalized spacial score (nSPS) is 15.3. The summed E-state index contributed by atoms with van der Waals surface area (Å²) in [4.78, 5) is 43.4. The smallest absolute Gasteiger partial charge is 0.490 e. The Bertz CT molecular complexity index is 1330. The summed E-state index contributed by atoms with van der Waals surface area (Å²) in [7, 11) is 0. The first-order chi connectivity index (χ1) is 19.0. The number of amides is 1. The highest BCUT2D eigenvalue weighted by Gasteiger charge is 2.38. The molecule has 1 aromatic carbocycles. The first kappa shape index (κ1) is 33.3. The summed E-state index contributed by atoms with van der Waals surface area (Å²) in [5.41, 5.74) is 7.97. The molecule has 18 heteroatoms. The fourth-order valence-corrected chi connectivity index (χ4v) is 3.75. The molecule has 1 fully saturated rings. The van der Waals surface area contributed by atoms with Crippen molar-refractivity contribution in [3.05, 3.63) is 41.0 Å². The molecule has 2 aromatic heterocycles. The van der Waals surface area contributed by atoms with E-state index in [2.05, 4.69) is 35.8 Å². The molecule has 0 radical (unpaired) electrons. The number of carboxylic acid groups (broad SMARTS) is 2. The maximum Gasteiger partial charge on any atom is 0.490 e. The van der Waals surface area contributed by atoms with E-state index >= 15 is 0 Å². The van der Waals surface area contributed by atoms with Gasteiger partial charge in [0.1, 0.15) is 18.2 Å². The zero-order valence-corrected chi connectivity index (χ0v) is 22.3. The van der Waals surface area contributed by atoms with Crippen LogP contribution in [0.3, 0.4) is 0 Å². The lowest BCUT2D eigenvalue weighted by Crippen LogP contribution is -2.42. The van der Waals surface area contributed by atoms with E-state index in [0.717, 1.165) is 46.5 Å². The van der Waals surface area contributed by atoms with Crippen molar-refractivity contribution in [3.8, 4) is 17.1 Å². The summed E-state index contributed by atoms with van der Waals surface area (Å²) < 4.78 is 70.2. The summed E-state index contributed by atoms with van der Waals surface area (Å²) in [6.45, 7) is 2.11. The number of hydrogen-bond donors (Lipinski definition) is 4. The molecule has 41 heavy (non-hydrogen) atoms.